The fourth-order valence-corrected chi connectivity index (χ4v) is 9.56. The van der Waals surface area contributed by atoms with E-state index in [9.17, 15) is 0 Å². The van der Waals surface area contributed by atoms with Gasteiger partial charge >= 0.3 is 6.85 Å². The number of hydrogen-bond acceptors (Lipinski definition) is 2. The first-order valence-electron chi connectivity index (χ1n) is 15.9. The molecule has 46 heavy (non-hydrogen) atoms. The third-order valence-corrected chi connectivity index (χ3v) is 11.4. The summed E-state index contributed by atoms with van der Waals surface area (Å²) in [5, 5.41) is 5.24. The van der Waals surface area contributed by atoms with E-state index < -0.39 is 0 Å². The van der Waals surface area contributed by atoms with Gasteiger partial charge in [-0.2, -0.15) is 0 Å². The highest BCUT2D eigenvalue weighted by molar-refractivity contribution is 7.26. The van der Waals surface area contributed by atoms with Crippen molar-refractivity contribution < 1.29 is 0 Å². The summed E-state index contributed by atoms with van der Waals surface area (Å²) in [6.07, 6.45) is 0. The van der Waals surface area contributed by atoms with Crippen LogP contribution in [0.1, 0.15) is 0 Å². The SMILES string of the molecule is c1ccc(-n2c3ccccc3c3ccc4c5cc6c(cc5sc4c32)N2B(c3ccccc3-c3ccccc32)c2ccccc2-6)cc1. The Morgan fingerprint density at radius 2 is 1.11 bits per heavy atom. The summed E-state index contributed by atoms with van der Waals surface area (Å²) in [7, 11) is 0. The van der Waals surface area contributed by atoms with Crippen LogP contribution in [0, 0.1) is 0 Å². The van der Waals surface area contributed by atoms with Crippen LogP contribution in [0.15, 0.2) is 152 Å². The summed E-state index contributed by atoms with van der Waals surface area (Å²) < 4.78 is 5.12. The Morgan fingerprint density at radius 1 is 0.457 bits per heavy atom. The quantitative estimate of drug-likeness (QED) is 0.170. The summed E-state index contributed by atoms with van der Waals surface area (Å²) in [4.78, 5) is 2.61. The third-order valence-electron chi connectivity index (χ3n) is 10.2. The molecule has 212 valence electrons. The van der Waals surface area contributed by atoms with E-state index in [1.165, 1.54) is 92.2 Å². The average molecular weight is 601 g/mol. The topological polar surface area (TPSA) is 8.17 Å². The molecular weight excluding hydrogens is 575 g/mol. The van der Waals surface area contributed by atoms with Gasteiger partial charge in [-0.25, -0.2) is 0 Å². The Kier molecular flexibility index (Phi) is 4.83. The van der Waals surface area contributed by atoms with E-state index in [0.29, 0.717) is 0 Å². The van der Waals surface area contributed by atoms with E-state index in [-0.39, 0.29) is 6.85 Å². The molecule has 0 fully saturated rings. The van der Waals surface area contributed by atoms with Crippen LogP contribution in [-0.2, 0) is 0 Å². The molecule has 0 bridgehead atoms. The van der Waals surface area contributed by atoms with Gasteiger partial charge in [-0.15, -0.1) is 11.3 Å². The lowest BCUT2D eigenvalue weighted by atomic mass is 9.43. The first kappa shape index (κ1) is 24.7. The van der Waals surface area contributed by atoms with Crippen LogP contribution in [0.5, 0.6) is 0 Å². The van der Waals surface area contributed by atoms with Crippen LogP contribution in [0.25, 0.3) is 69.9 Å². The number of aromatic nitrogens is 1. The van der Waals surface area contributed by atoms with Gasteiger partial charge in [0.1, 0.15) is 0 Å². The highest BCUT2D eigenvalue weighted by Gasteiger charge is 2.42. The normalized spacial score (nSPS) is 13.1. The minimum Gasteiger partial charge on any atom is -0.376 e. The van der Waals surface area contributed by atoms with Crippen LogP contribution in [0.2, 0.25) is 0 Å². The van der Waals surface area contributed by atoms with E-state index in [0.717, 1.165) is 0 Å². The maximum absolute atomic E-state index is 2.61. The summed E-state index contributed by atoms with van der Waals surface area (Å²) in [5.74, 6) is 0. The molecule has 0 amide bonds. The van der Waals surface area contributed by atoms with E-state index in [1.807, 2.05) is 11.3 Å². The van der Waals surface area contributed by atoms with Crippen LogP contribution in [0.3, 0.4) is 0 Å². The van der Waals surface area contributed by atoms with Gasteiger partial charge in [0.2, 0.25) is 0 Å². The number of para-hydroxylation sites is 3. The summed E-state index contributed by atoms with van der Waals surface area (Å²) in [6, 6.07) is 56.2. The molecule has 2 aliphatic heterocycles. The van der Waals surface area contributed by atoms with E-state index >= 15 is 0 Å². The van der Waals surface area contributed by atoms with Crippen molar-refractivity contribution in [3.05, 3.63) is 152 Å². The number of thiophene rings is 1. The number of anilines is 2. The minimum absolute atomic E-state index is 0.119. The van der Waals surface area contributed by atoms with Crippen LogP contribution < -0.4 is 15.7 Å². The molecule has 0 saturated heterocycles. The molecular formula is C42H25BN2S. The zero-order valence-electron chi connectivity index (χ0n) is 24.8. The second-order valence-electron chi connectivity index (χ2n) is 12.5. The van der Waals surface area contributed by atoms with Gasteiger partial charge in [0.05, 0.1) is 15.7 Å². The molecule has 11 rings (SSSR count). The van der Waals surface area contributed by atoms with E-state index in [4.69, 9.17) is 0 Å². The Morgan fingerprint density at radius 3 is 1.93 bits per heavy atom. The number of hydrogen-bond donors (Lipinski definition) is 0. The van der Waals surface area contributed by atoms with Gasteiger partial charge in [0.15, 0.2) is 0 Å². The first-order chi connectivity index (χ1) is 22.8. The lowest BCUT2D eigenvalue weighted by molar-refractivity contribution is 1.19. The molecule has 0 N–H and O–H groups in total. The van der Waals surface area contributed by atoms with Crippen molar-refractivity contribution in [2.75, 3.05) is 4.81 Å². The zero-order chi connectivity index (χ0) is 29.9. The number of nitrogens with zero attached hydrogens (tertiary/aromatic N) is 2. The maximum atomic E-state index is 2.61. The molecule has 0 radical (unpaired) electrons. The monoisotopic (exact) mass is 600 g/mol. The number of benzene rings is 7. The van der Waals surface area contributed by atoms with E-state index in [1.54, 1.807) is 0 Å². The Labute approximate surface area is 270 Å². The largest absolute Gasteiger partial charge is 0.376 e. The van der Waals surface area contributed by atoms with Crippen LogP contribution >= 0.6 is 11.3 Å². The van der Waals surface area contributed by atoms with Crippen LogP contribution in [0.4, 0.5) is 11.4 Å². The second-order valence-corrected chi connectivity index (χ2v) is 13.5. The van der Waals surface area contributed by atoms with Gasteiger partial charge in [0.25, 0.3) is 0 Å². The van der Waals surface area contributed by atoms with Crippen molar-refractivity contribution >= 4 is 82.5 Å². The Bertz CT molecular complexity index is 2720. The highest BCUT2D eigenvalue weighted by Crippen LogP contribution is 2.50. The predicted molar refractivity (Wildman–Crippen MR) is 198 cm³/mol. The maximum Gasteiger partial charge on any atom is 0.329 e. The summed E-state index contributed by atoms with van der Waals surface area (Å²) >= 11 is 1.93. The standard InChI is InChI=1S/C42H25BN2S/c1-2-12-26(13-3-1)44-37-20-10-6-17-30(37)31-22-23-32-34-24-33-28-15-5-9-19-36(28)43-35-18-8-4-14-27(35)29-16-7-11-21-38(29)45(43)39(33)25-40(34)46-42(32)41(31)44/h1-25H. The first-order valence-corrected chi connectivity index (χ1v) is 16.7. The molecule has 2 nitrogen and oxygen atoms in total. The number of rotatable bonds is 1. The van der Waals surface area contributed by atoms with Gasteiger partial charge in [-0.05, 0) is 58.5 Å². The molecule has 0 unspecified atom stereocenters. The molecule has 0 spiro atoms. The molecule has 0 atom stereocenters. The molecule has 7 aromatic carbocycles. The summed E-state index contributed by atoms with van der Waals surface area (Å²) in [6.45, 7) is 0.119. The highest BCUT2D eigenvalue weighted by atomic mass is 32.1. The average Bonchev–Trinajstić information content (AvgIpc) is 3.66. The third kappa shape index (κ3) is 3.12. The molecule has 0 saturated carbocycles. The summed E-state index contributed by atoms with van der Waals surface area (Å²) in [5.41, 5.74) is 14.3. The van der Waals surface area contributed by atoms with Crippen LogP contribution in [-0.4, -0.2) is 11.4 Å². The molecule has 4 heterocycles. The zero-order valence-corrected chi connectivity index (χ0v) is 25.6. The fourth-order valence-electron chi connectivity index (χ4n) is 8.30. The van der Waals surface area contributed by atoms with Gasteiger partial charge in [-0.1, -0.05) is 115 Å². The van der Waals surface area contributed by atoms with Crippen molar-refractivity contribution in [3.8, 4) is 27.9 Å². The lowest BCUT2D eigenvalue weighted by Gasteiger charge is -2.43. The molecule has 4 heteroatoms. The molecule has 2 aliphatic rings. The predicted octanol–water partition coefficient (Wildman–Crippen LogP) is 10.1. The van der Waals surface area contributed by atoms with Gasteiger partial charge < -0.3 is 9.38 Å². The smallest absolute Gasteiger partial charge is 0.329 e. The number of fused-ring (bicyclic) bond motifs is 18. The molecule has 0 aliphatic carbocycles. The minimum atomic E-state index is 0.119. The van der Waals surface area contributed by atoms with Crippen molar-refractivity contribution in [1.29, 1.82) is 0 Å². The second kappa shape index (κ2) is 9.00. The molecule has 2 aromatic heterocycles. The van der Waals surface area contributed by atoms with Gasteiger partial charge in [0, 0.05) is 54.4 Å². The van der Waals surface area contributed by atoms with Crippen molar-refractivity contribution in [2.45, 2.75) is 0 Å². The molecule has 9 aromatic rings. The fraction of sp³-hybridized carbons (Fsp3) is 0. The van der Waals surface area contributed by atoms with Crippen molar-refractivity contribution in [1.82, 2.24) is 4.57 Å². The Hall–Kier alpha value is -5.58. The van der Waals surface area contributed by atoms with Crippen molar-refractivity contribution in [2.24, 2.45) is 0 Å². The van der Waals surface area contributed by atoms with Gasteiger partial charge in [-0.3, -0.25) is 0 Å². The van der Waals surface area contributed by atoms with Crippen molar-refractivity contribution in [3.63, 3.8) is 0 Å². The van der Waals surface area contributed by atoms with E-state index in [2.05, 4.69) is 161 Å². The Balaban J connectivity index is 1.26. The lowest BCUT2D eigenvalue weighted by Crippen LogP contribution is -2.59.